The first-order valence-corrected chi connectivity index (χ1v) is 5.67. The van der Waals surface area contributed by atoms with Crippen molar-refractivity contribution in [2.24, 2.45) is 0 Å². The molecule has 0 spiro atoms. The Hall–Kier alpha value is -1.55. The lowest BCUT2D eigenvalue weighted by atomic mass is 9.96. The Morgan fingerprint density at radius 2 is 1.65 bits per heavy atom. The predicted octanol–water partition coefficient (Wildman–Crippen LogP) is 2.56. The highest BCUT2D eigenvalue weighted by Gasteiger charge is 2.16. The molecule has 0 fully saturated rings. The third-order valence-corrected chi connectivity index (χ3v) is 2.79. The Morgan fingerprint density at radius 1 is 1.18 bits per heavy atom. The Labute approximate surface area is 104 Å². The SMILES string of the molecule is Cc1c(C(=O)O)cc(CCCCl)cc1C(=O)O. The van der Waals surface area contributed by atoms with Crippen molar-refractivity contribution in [3.05, 3.63) is 34.4 Å². The zero-order chi connectivity index (χ0) is 13.0. The van der Waals surface area contributed by atoms with Gasteiger partial charge < -0.3 is 10.2 Å². The normalized spacial score (nSPS) is 10.2. The molecule has 0 bridgehead atoms. The molecular weight excluding hydrogens is 244 g/mol. The summed E-state index contributed by atoms with van der Waals surface area (Å²) in [4.78, 5) is 22.0. The number of halogens is 1. The summed E-state index contributed by atoms with van der Waals surface area (Å²) in [6.45, 7) is 1.50. The zero-order valence-corrected chi connectivity index (χ0v) is 10.1. The lowest BCUT2D eigenvalue weighted by Gasteiger charge is -2.09. The van der Waals surface area contributed by atoms with Crippen molar-refractivity contribution in [1.82, 2.24) is 0 Å². The number of aromatic carboxylic acids is 2. The van der Waals surface area contributed by atoms with Gasteiger partial charge in [0.15, 0.2) is 0 Å². The van der Waals surface area contributed by atoms with E-state index in [0.29, 0.717) is 24.3 Å². The Balaban J connectivity index is 3.26. The molecule has 0 saturated heterocycles. The lowest BCUT2D eigenvalue weighted by molar-refractivity contribution is 0.0696. The molecule has 1 aromatic rings. The van der Waals surface area contributed by atoms with Gasteiger partial charge in [-0.2, -0.15) is 0 Å². The number of carbonyl (C=O) groups is 2. The van der Waals surface area contributed by atoms with Gasteiger partial charge >= 0.3 is 11.9 Å². The van der Waals surface area contributed by atoms with Crippen LogP contribution in [0.1, 0.15) is 38.3 Å². The molecule has 0 radical (unpaired) electrons. The van der Waals surface area contributed by atoms with Crippen LogP contribution in [-0.2, 0) is 6.42 Å². The first-order chi connectivity index (χ1) is 7.97. The van der Waals surface area contributed by atoms with Crippen LogP contribution in [0.5, 0.6) is 0 Å². The first-order valence-electron chi connectivity index (χ1n) is 5.13. The largest absolute Gasteiger partial charge is 0.478 e. The van der Waals surface area contributed by atoms with Gasteiger partial charge in [-0.05, 0) is 43.0 Å². The van der Waals surface area contributed by atoms with Crippen molar-refractivity contribution in [2.75, 3.05) is 5.88 Å². The molecule has 0 atom stereocenters. The smallest absolute Gasteiger partial charge is 0.335 e. The molecule has 0 aromatic heterocycles. The van der Waals surface area contributed by atoms with Crippen LogP contribution < -0.4 is 0 Å². The van der Waals surface area contributed by atoms with E-state index in [4.69, 9.17) is 21.8 Å². The Bertz CT molecular complexity index is 419. The van der Waals surface area contributed by atoms with Crippen molar-refractivity contribution >= 4 is 23.5 Å². The van der Waals surface area contributed by atoms with Crippen LogP contribution in [0.25, 0.3) is 0 Å². The summed E-state index contributed by atoms with van der Waals surface area (Å²) in [6.07, 6.45) is 1.26. The summed E-state index contributed by atoms with van der Waals surface area (Å²) in [5.74, 6) is -1.77. The van der Waals surface area contributed by atoms with Crippen molar-refractivity contribution in [3.8, 4) is 0 Å². The van der Waals surface area contributed by atoms with Crippen LogP contribution in [0.2, 0.25) is 0 Å². The summed E-state index contributed by atoms with van der Waals surface area (Å²) in [5.41, 5.74) is 1.04. The van der Waals surface area contributed by atoms with Gasteiger partial charge in [-0.25, -0.2) is 9.59 Å². The van der Waals surface area contributed by atoms with E-state index < -0.39 is 11.9 Å². The molecule has 0 saturated carbocycles. The van der Waals surface area contributed by atoms with E-state index >= 15 is 0 Å². The number of rotatable bonds is 5. The third kappa shape index (κ3) is 3.20. The van der Waals surface area contributed by atoms with Crippen LogP contribution in [0.4, 0.5) is 0 Å². The molecule has 0 aliphatic rings. The Morgan fingerprint density at radius 3 is 2.00 bits per heavy atom. The van der Waals surface area contributed by atoms with Crippen LogP contribution in [0.15, 0.2) is 12.1 Å². The van der Waals surface area contributed by atoms with E-state index in [1.807, 2.05) is 0 Å². The van der Waals surface area contributed by atoms with Crippen molar-refractivity contribution < 1.29 is 19.8 Å². The summed E-state index contributed by atoms with van der Waals surface area (Å²) in [5, 5.41) is 18.0. The zero-order valence-electron chi connectivity index (χ0n) is 9.36. The fourth-order valence-electron chi connectivity index (χ4n) is 1.63. The number of benzene rings is 1. The quantitative estimate of drug-likeness (QED) is 0.794. The molecule has 5 heteroatoms. The van der Waals surface area contributed by atoms with Gasteiger partial charge in [0.1, 0.15) is 0 Å². The van der Waals surface area contributed by atoms with Gasteiger partial charge in [0, 0.05) is 5.88 Å². The third-order valence-electron chi connectivity index (χ3n) is 2.53. The van der Waals surface area contributed by atoms with Gasteiger partial charge in [0.2, 0.25) is 0 Å². The van der Waals surface area contributed by atoms with E-state index in [0.717, 1.165) is 0 Å². The molecule has 4 nitrogen and oxygen atoms in total. The highest BCUT2D eigenvalue weighted by molar-refractivity contribution is 6.17. The van der Waals surface area contributed by atoms with Crippen LogP contribution in [0.3, 0.4) is 0 Å². The van der Waals surface area contributed by atoms with Gasteiger partial charge in [-0.1, -0.05) is 0 Å². The molecule has 0 unspecified atom stereocenters. The summed E-state index contributed by atoms with van der Waals surface area (Å²) in [7, 11) is 0. The summed E-state index contributed by atoms with van der Waals surface area (Å²) >= 11 is 5.55. The second-order valence-corrected chi connectivity index (χ2v) is 4.10. The highest BCUT2D eigenvalue weighted by atomic mass is 35.5. The van der Waals surface area contributed by atoms with Gasteiger partial charge in [0.25, 0.3) is 0 Å². The van der Waals surface area contributed by atoms with Crippen molar-refractivity contribution in [2.45, 2.75) is 19.8 Å². The first kappa shape index (κ1) is 13.5. The van der Waals surface area contributed by atoms with E-state index in [-0.39, 0.29) is 16.7 Å². The van der Waals surface area contributed by atoms with E-state index in [2.05, 4.69) is 0 Å². The van der Waals surface area contributed by atoms with Gasteiger partial charge in [-0.3, -0.25) is 0 Å². The molecular formula is C12H13ClO4. The van der Waals surface area contributed by atoms with Crippen molar-refractivity contribution in [1.29, 1.82) is 0 Å². The van der Waals surface area contributed by atoms with Crippen LogP contribution in [-0.4, -0.2) is 28.0 Å². The molecule has 0 aliphatic heterocycles. The molecule has 0 aliphatic carbocycles. The second kappa shape index (κ2) is 5.68. The number of alkyl halides is 1. The van der Waals surface area contributed by atoms with Gasteiger partial charge in [-0.15, -0.1) is 11.6 Å². The average molecular weight is 257 g/mol. The molecule has 17 heavy (non-hydrogen) atoms. The molecule has 0 amide bonds. The summed E-state index contributed by atoms with van der Waals surface area (Å²) < 4.78 is 0. The van der Waals surface area contributed by atoms with Gasteiger partial charge in [0.05, 0.1) is 11.1 Å². The molecule has 0 heterocycles. The minimum Gasteiger partial charge on any atom is -0.478 e. The number of carboxylic acids is 2. The number of aryl methyl sites for hydroxylation is 1. The number of hydrogen-bond donors (Lipinski definition) is 2. The standard InChI is InChI=1S/C12H13ClO4/c1-7-9(11(14)15)5-8(3-2-4-13)6-10(7)12(16)17/h5-6H,2-4H2,1H3,(H,14,15)(H,16,17). The Kier molecular flexibility index (Phi) is 4.52. The maximum atomic E-state index is 11.0. The van der Waals surface area contributed by atoms with E-state index in [1.54, 1.807) is 0 Å². The monoisotopic (exact) mass is 256 g/mol. The summed E-state index contributed by atoms with van der Waals surface area (Å²) in [6, 6.07) is 3.02. The van der Waals surface area contributed by atoms with Crippen LogP contribution >= 0.6 is 11.6 Å². The van der Waals surface area contributed by atoms with E-state index in [1.165, 1.54) is 19.1 Å². The lowest BCUT2D eigenvalue weighted by Crippen LogP contribution is -2.09. The fraction of sp³-hybridized carbons (Fsp3) is 0.333. The number of carboxylic acid groups (broad SMARTS) is 2. The fourth-order valence-corrected chi connectivity index (χ4v) is 1.77. The second-order valence-electron chi connectivity index (χ2n) is 3.72. The van der Waals surface area contributed by atoms with E-state index in [9.17, 15) is 9.59 Å². The average Bonchev–Trinajstić information content (AvgIpc) is 2.26. The molecule has 92 valence electrons. The predicted molar refractivity (Wildman–Crippen MR) is 64.1 cm³/mol. The highest BCUT2D eigenvalue weighted by Crippen LogP contribution is 2.18. The maximum absolute atomic E-state index is 11.0. The molecule has 1 rings (SSSR count). The van der Waals surface area contributed by atoms with Crippen LogP contribution in [0, 0.1) is 6.92 Å². The molecule has 1 aromatic carbocycles. The topological polar surface area (TPSA) is 74.6 Å². The number of hydrogen-bond acceptors (Lipinski definition) is 2. The minimum absolute atomic E-state index is 0.0365. The minimum atomic E-state index is -1.11. The van der Waals surface area contributed by atoms with Crippen molar-refractivity contribution in [3.63, 3.8) is 0 Å². The maximum Gasteiger partial charge on any atom is 0.335 e. The molecule has 2 N–H and O–H groups in total.